The topological polar surface area (TPSA) is 91.6 Å². The third-order valence-corrected chi connectivity index (χ3v) is 9.52. The lowest BCUT2D eigenvalue weighted by Crippen LogP contribution is -2.64. The van der Waals surface area contributed by atoms with E-state index in [9.17, 15) is 22.8 Å². The van der Waals surface area contributed by atoms with Crippen molar-refractivity contribution in [3.63, 3.8) is 0 Å². The normalized spacial score (nSPS) is 35.7. The first kappa shape index (κ1) is 23.1. The zero-order chi connectivity index (χ0) is 24.6. The van der Waals surface area contributed by atoms with Gasteiger partial charge in [0, 0.05) is 43.8 Å². The molecule has 7 rings (SSSR count). The van der Waals surface area contributed by atoms with Crippen molar-refractivity contribution < 1.29 is 22.8 Å². The molecule has 5 saturated carbocycles. The SMILES string of the molecule is NC(=O)C12CC3CC(C1)C(NC(=O)C1(N4CCN(c5ccc(C(F)(F)F)cn5)CC4)CC1)C(C3)C2. The van der Waals surface area contributed by atoms with Crippen LogP contribution in [0.4, 0.5) is 19.0 Å². The van der Waals surface area contributed by atoms with Crippen molar-refractivity contribution >= 4 is 17.6 Å². The van der Waals surface area contributed by atoms with Crippen LogP contribution in [0.15, 0.2) is 18.3 Å². The van der Waals surface area contributed by atoms with Gasteiger partial charge in [0.15, 0.2) is 0 Å². The Kier molecular flexibility index (Phi) is 5.15. The smallest absolute Gasteiger partial charge is 0.369 e. The second-order valence-corrected chi connectivity index (χ2v) is 11.5. The molecule has 2 atom stereocenters. The van der Waals surface area contributed by atoms with Crippen molar-refractivity contribution in [3.05, 3.63) is 23.9 Å². The van der Waals surface area contributed by atoms with Gasteiger partial charge in [0.2, 0.25) is 11.8 Å². The van der Waals surface area contributed by atoms with E-state index in [-0.39, 0.29) is 23.3 Å². The van der Waals surface area contributed by atoms with Crippen molar-refractivity contribution in [2.75, 3.05) is 31.1 Å². The zero-order valence-corrected chi connectivity index (χ0v) is 19.7. The van der Waals surface area contributed by atoms with E-state index in [1.165, 1.54) is 6.07 Å². The molecule has 0 aromatic carbocycles. The average molecular weight is 492 g/mol. The number of hydrogen-bond donors (Lipinski definition) is 2. The Hall–Kier alpha value is -2.36. The van der Waals surface area contributed by atoms with Gasteiger partial charge in [0.05, 0.1) is 5.56 Å². The maximum Gasteiger partial charge on any atom is 0.417 e. The predicted molar refractivity (Wildman–Crippen MR) is 122 cm³/mol. The molecular formula is C25H32F3N5O2. The van der Waals surface area contributed by atoms with Crippen molar-refractivity contribution in [1.82, 2.24) is 15.2 Å². The fraction of sp³-hybridized carbons (Fsp3) is 0.720. The first-order valence-electron chi connectivity index (χ1n) is 12.7. The molecule has 3 N–H and O–H groups in total. The molecule has 2 amide bonds. The summed E-state index contributed by atoms with van der Waals surface area (Å²) in [6.07, 6.45) is 2.79. The van der Waals surface area contributed by atoms with Gasteiger partial charge in [-0.05, 0) is 74.8 Å². The van der Waals surface area contributed by atoms with E-state index in [4.69, 9.17) is 5.73 Å². The van der Waals surface area contributed by atoms with E-state index in [1.807, 2.05) is 4.90 Å². The number of anilines is 1. The van der Waals surface area contributed by atoms with Gasteiger partial charge in [0.1, 0.15) is 11.4 Å². The van der Waals surface area contributed by atoms with E-state index >= 15 is 0 Å². The number of pyridine rings is 1. The lowest BCUT2D eigenvalue weighted by atomic mass is 9.47. The van der Waals surface area contributed by atoms with Gasteiger partial charge in [-0.1, -0.05) is 0 Å². The third kappa shape index (κ3) is 3.79. The van der Waals surface area contributed by atoms with Crippen molar-refractivity contribution in [2.24, 2.45) is 28.9 Å². The van der Waals surface area contributed by atoms with Crippen LogP contribution in [0.3, 0.4) is 0 Å². The summed E-state index contributed by atoms with van der Waals surface area (Å²) in [6, 6.07) is 2.61. The molecule has 190 valence electrons. The van der Waals surface area contributed by atoms with Gasteiger partial charge >= 0.3 is 6.18 Å². The summed E-state index contributed by atoms with van der Waals surface area (Å²) in [4.78, 5) is 34.0. The van der Waals surface area contributed by atoms with Crippen LogP contribution >= 0.6 is 0 Å². The minimum absolute atomic E-state index is 0.101. The predicted octanol–water partition coefficient (Wildman–Crippen LogP) is 2.55. The number of amides is 2. The van der Waals surface area contributed by atoms with Gasteiger partial charge in [0.25, 0.3) is 0 Å². The number of carbonyl (C=O) groups is 2. The molecule has 0 radical (unpaired) electrons. The largest absolute Gasteiger partial charge is 0.417 e. The highest BCUT2D eigenvalue weighted by molar-refractivity contribution is 5.90. The maximum absolute atomic E-state index is 13.5. The molecule has 1 aromatic heterocycles. The molecule has 7 nitrogen and oxygen atoms in total. The summed E-state index contributed by atoms with van der Waals surface area (Å²) < 4.78 is 38.5. The third-order valence-electron chi connectivity index (χ3n) is 9.52. The second-order valence-electron chi connectivity index (χ2n) is 11.5. The summed E-state index contributed by atoms with van der Waals surface area (Å²) in [7, 11) is 0. The minimum Gasteiger partial charge on any atom is -0.369 e. The first-order chi connectivity index (χ1) is 16.6. The molecule has 2 heterocycles. The Labute approximate surface area is 202 Å². The Morgan fingerprint density at radius 3 is 2.20 bits per heavy atom. The van der Waals surface area contributed by atoms with Crippen LogP contribution in [-0.2, 0) is 15.8 Å². The Balaban J connectivity index is 1.08. The quantitative estimate of drug-likeness (QED) is 0.661. The van der Waals surface area contributed by atoms with Crippen molar-refractivity contribution in [2.45, 2.75) is 62.7 Å². The second kappa shape index (κ2) is 7.82. The summed E-state index contributed by atoms with van der Waals surface area (Å²) in [5.41, 5.74) is 4.21. The van der Waals surface area contributed by atoms with Crippen LogP contribution in [-0.4, -0.2) is 59.5 Å². The van der Waals surface area contributed by atoms with Crippen molar-refractivity contribution in [3.8, 4) is 0 Å². The molecule has 1 aromatic rings. The van der Waals surface area contributed by atoms with Gasteiger partial charge in [-0.3, -0.25) is 14.5 Å². The molecule has 35 heavy (non-hydrogen) atoms. The molecule has 5 aliphatic carbocycles. The molecule has 0 spiro atoms. The lowest BCUT2D eigenvalue weighted by Gasteiger charge is -2.59. The number of alkyl halides is 3. The highest BCUT2D eigenvalue weighted by Crippen LogP contribution is 2.60. The lowest BCUT2D eigenvalue weighted by molar-refractivity contribution is -0.148. The molecule has 6 fully saturated rings. The average Bonchev–Trinajstić information content (AvgIpc) is 3.63. The van der Waals surface area contributed by atoms with Gasteiger partial charge < -0.3 is 16.0 Å². The van der Waals surface area contributed by atoms with E-state index < -0.39 is 17.3 Å². The molecule has 4 bridgehead atoms. The molecule has 10 heteroatoms. The Bertz CT molecular complexity index is 1000. The number of nitrogens with one attached hydrogen (secondary N) is 1. The van der Waals surface area contributed by atoms with Gasteiger partial charge in [-0.15, -0.1) is 0 Å². The highest BCUT2D eigenvalue weighted by atomic mass is 19.4. The summed E-state index contributed by atoms with van der Waals surface area (Å²) >= 11 is 0. The number of rotatable bonds is 5. The number of nitrogens with zero attached hydrogens (tertiary/aromatic N) is 3. The number of piperazine rings is 1. The molecule has 1 aliphatic heterocycles. The molecular weight excluding hydrogens is 459 g/mol. The number of primary amides is 1. The molecule has 6 aliphatic rings. The highest BCUT2D eigenvalue weighted by Gasteiger charge is 2.60. The van der Waals surface area contributed by atoms with Crippen LogP contribution in [0.5, 0.6) is 0 Å². The number of halogens is 3. The van der Waals surface area contributed by atoms with Crippen LogP contribution in [0.2, 0.25) is 0 Å². The number of nitrogens with two attached hydrogens (primary N) is 1. The van der Waals surface area contributed by atoms with Crippen LogP contribution in [0.1, 0.15) is 50.5 Å². The molecule has 1 saturated heterocycles. The summed E-state index contributed by atoms with van der Waals surface area (Å²) in [6.45, 7) is 2.57. The van der Waals surface area contributed by atoms with Gasteiger partial charge in [-0.2, -0.15) is 13.2 Å². The maximum atomic E-state index is 13.5. The van der Waals surface area contributed by atoms with Gasteiger partial charge in [-0.25, -0.2) is 4.98 Å². The summed E-state index contributed by atoms with van der Waals surface area (Å²) in [5, 5.41) is 3.42. The number of hydrogen-bond acceptors (Lipinski definition) is 5. The van der Waals surface area contributed by atoms with E-state index in [1.54, 1.807) is 0 Å². The Morgan fingerprint density at radius 2 is 1.69 bits per heavy atom. The van der Waals surface area contributed by atoms with Crippen LogP contribution < -0.4 is 16.0 Å². The number of carbonyl (C=O) groups excluding carboxylic acids is 2. The van der Waals surface area contributed by atoms with E-state index in [0.717, 1.165) is 57.2 Å². The summed E-state index contributed by atoms with van der Waals surface area (Å²) in [5.74, 6) is 1.68. The van der Waals surface area contributed by atoms with E-state index in [0.29, 0.717) is 49.8 Å². The van der Waals surface area contributed by atoms with E-state index in [2.05, 4.69) is 15.2 Å². The fourth-order valence-electron chi connectivity index (χ4n) is 7.76. The van der Waals surface area contributed by atoms with Crippen LogP contribution in [0, 0.1) is 23.2 Å². The molecule has 2 unspecified atom stereocenters. The monoisotopic (exact) mass is 491 g/mol. The minimum atomic E-state index is -4.40. The first-order valence-corrected chi connectivity index (χ1v) is 12.7. The number of aromatic nitrogens is 1. The zero-order valence-electron chi connectivity index (χ0n) is 19.7. The Morgan fingerprint density at radius 1 is 1.03 bits per heavy atom. The van der Waals surface area contributed by atoms with Crippen molar-refractivity contribution in [1.29, 1.82) is 0 Å². The van der Waals surface area contributed by atoms with Crippen LogP contribution in [0.25, 0.3) is 0 Å². The standard InChI is InChI=1S/C25H32F3N5O2/c26-25(27,28)18-1-2-19(30-14-18)32-5-7-33(8-6-32)24(3-4-24)22(35)31-20-16-9-15-10-17(20)13-23(11-15,12-16)21(29)34/h1-2,14-17,20H,3-13H2,(H2,29,34)(H,31,35). The fourth-order valence-corrected chi connectivity index (χ4v) is 7.76.